The van der Waals surface area contributed by atoms with Crippen LogP contribution in [0.3, 0.4) is 0 Å². The van der Waals surface area contributed by atoms with Gasteiger partial charge in [-0.3, -0.25) is 11.3 Å². The third kappa shape index (κ3) is 4.10. The molecule has 1 unspecified atom stereocenters. The van der Waals surface area contributed by atoms with Gasteiger partial charge in [0.1, 0.15) is 0 Å². The van der Waals surface area contributed by atoms with Gasteiger partial charge in [0, 0.05) is 6.04 Å². The summed E-state index contributed by atoms with van der Waals surface area (Å²) in [7, 11) is 0. The molecule has 0 saturated heterocycles. The minimum absolute atomic E-state index is 0.210. The molecule has 0 amide bonds. The Morgan fingerprint density at radius 3 is 1.75 bits per heavy atom. The van der Waals surface area contributed by atoms with Crippen molar-refractivity contribution in [2.45, 2.75) is 76.4 Å². The molecule has 2 aliphatic carbocycles. The Labute approximate surface area is 119 Å². The molecule has 0 aromatic rings. The van der Waals surface area contributed by atoms with Gasteiger partial charge < -0.3 is 0 Å². The smallest absolute Gasteiger partial charge is 0.271 e. The third-order valence-corrected chi connectivity index (χ3v) is 5.34. The molecule has 20 heavy (non-hydrogen) atoms. The van der Waals surface area contributed by atoms with E-state index in [1.165, 1.54) is 38.5 Å². The summed E-state index contributed by atoms with van der Waals surface area (Å²) >= 11 is 0. The molecule has 0 aromatic carbocycles. The minimum atomic E-state index is -4.01. The lowest BCUT2D eigenvalue weighted by molar-refractivity contribution is -0.184. The van der Waals surface area contributed by atoms with Crippen molar-refractivity contribution in [3.8, 4) is 0 Å². The fourth-order valence-electron chi connectivity index (χ4n) is 4.13. The van der Waals surface area contributed by atoms with Crippen LogP contribution in [0.4, 0.5) is 13.2 Å². The summed E-state index contributed by atoms with van der Waals surface area (Å²) in [4.78, 5) is 0. The first-order valence-corrected chi connectivity index (χ1v) is 8.05. The highest BCUT2D eigenvalue weighted by Gasteiger charge is 2.43. The predicted octanol–water partition coefficient (Wildman–Crippen LogP) is 4.16. The number of hydrogen-bond acceptors (Lipinski definition) is 2. The quantitative estimate of drug-likeness (QED) is 0.466. The molecular formula is C15H27F3N2. The molecule has 3 N–H and O–H groups in total. The van der Waals surface area contributed by atoms with E-state index >= 15 is 0 Å². The maximum absolute atomic E-state index is 12.7. The summed E-state index contributed by atoms with van der Waals surface area (Å²) in [5, 5.41) is 0. The second kappa shape index (κ2) is 7.12. The first kappa shape index (κ1) is 16.1. The Bertz CT molecular complexity index is 277. The van der Waals surface area contributed by atoms with Crippen LogP contribution in [0.15, 0.2) is 0 Å². The maximum Gasteiger partial charge on any atom is 0.391 e. The van der Waals surface area contributed by atoms with Crippen LogP contribution in [0, 0.1) is 17.8 Å². The zero-order valence-corrected chi connectivity index (χ0v) is 12.1. The van der Waals surface area contributed by atoms with E-state index in [0.717, 1.165) is 0 Å². The maximum atomic E-state index is 12.7. The molecule has 2 fully saturated rings. The SMILES string of the molecule is NNC(C1CCCCCC1)C1CCC(C(F)(F)F)CC1. The monoisotopic (exact) mass is 292 g/mol. The standard InChI is InChI=1S/C15H27F3N2/c16-15(17,18)13-9-7-12(8-10-13)14(20-19)11-5-3-1-2-4-6-11/h11-14,20H,1-10,19H2. The van der Waals surface area contributed by atoms with Gasteiger partial charge >= 0.3 is 6.18 Å². The summed E-state index contributed by atoms with van der Waals surface area (Å²) in [6, 6.07) is 0.210. The number of alkyl halides is 3. The highest BCUT2D eigenvalue weighted by atomic mass is 19.4. The van der Waals surface area contributed by atoms with E-state index in [-0.39, 0.29) is 18.9 Å². The van der Waals surface area contributed by atoms with Crippen LogP contribution in [0.1, 0.15) is 64.2 Å². The number of halogens is 3. The number of hydrazine groups is 1. The van der Waals surface area contributed by atoms with E-state index in [1.807, 2.05) is 0 Å². The number of hydrogen-bond donors (Lipinski definition) is 2. The van der Waals surface area contributed by atoms with E-state index in [0.29, 0.717) is 24.7 Å². The van der Waals surface area contributed by atoms with E-state index in [2.05, 4.69) is 5.43 Å². The van der Waals surface area contributed by atoms with Gasteiger partial charge in [-0.15, -0.1) is 0 Å². The zero-order valence-electron chi connectivity index (χ0n) is 12.1. The van der Waals surface area contributed by atoms with Crippen molar-refractivity contribution in [3.63, 3.8) is 0 Å². The van der Waals surface area contributed by atoms with Crippen molar-refractivity contribution < 1.29 is 13.2 Å². The summed E-state index contributed by atoms with van der Waals surface area (Å²) < 4.78 is 38.2. The molecule has 0 aliphatic heterocycles. The van der Waals surface area contributed by atoms with Crippen LogP contribution in [-0.2, 0) is 0 Å². The third-order valence-electron chi connectivity index (χ3n) is 5.34. The van der Waals surface area contributed by atoms with Crippen LogP contribution in [0.25, 0.3) is 0 Å². The van der Waals surface area contributed by atoms with E-state index < -0.39 is 12.1 Å². The van der Waals surface area contributed by atoms with Crippen molar-refractivity contribution in [1.82, 2.24) is 5.43 Å². The summed E-state index contributed by atoms with van der Waals surface area (Å²) in [6.07, 6.45) is 5.26. The Hall–Kier alpha value is -0.290. The minimum Gasteiger partial charge on any atom is -0.271 e. The van der Waals surface area contributed by atoms with E-state index in [9.17, 15) is 13.2 Å². The molecule has 0 bridgehead atoms. The fourth-order valence-corrected chi connectivity index (χ4v) is 4.13. The van der Waals surface area contributed by atoms with Crippen LogP contribution in [0.2, 0.25) is 0 Å². The average molecular weight is 292 g/mol. The van der Waals surface area contributed by atoms with Crippen molar-refractivity contribution in [2.24, 2.45) is 23.6 Å². The lowest BCUT2D eigenvalue weighted by atomic mass is 9.73. The molecular weight excluding hydrogens is 265 g/mol. The van der Waals surface area contributed by atoms with Crippen molar-refractivity contribution in [1.29, 1.82) is 0 Å². The van der Waals surface area contributed by atoms with Gasteiger partial charge in [-0.25, -0.2) is 0 Å². The molecule has 2 rings (SSSR count). The first-order valence-electron chi connectivity index (χ1n) is 8.05. The highest BCUT2D eigenvalue weighted by molar-refractivity contribution is 4.87. The van der Waals surface area contributed by atoms with Crippen molar-refractivity contribution in [3.05, 3.63) is 0 Å². The molecule has 0 spiro atoms. The molecule has 2 nitrogen and oxygen atoms in total. The van der Waals surface area contributed by atoms with E-state index in [1.54, 1.807) is 0 Å². The number of nitrogens with one attached hydrogen (secondary N) is 1. The van der Waals surface area contributed by atoms with Crippen LogP contribution in [-0.4, -0.2) is 12.2 Å². The molecule has 2 aliphatic rings. The summed E-state index contributed by atoms with van der Waals surface area (Å²) in [6.45, 7) is 0. The Morgan fingerprint density at radius 1 is 0.800 bits per heavy atom. The van der Waals surface area contributed by atoms with Crippen molar-refractivity contribution >= 4 is 0 Å². The number of nitrogens with two attached hydrogens (primary N) is 1. The highest BCUT2D eigenvalue weighted by Crippen LogP contribution is 2.42. The molecule has 118 valence electrons. The summed E-state index contributed by atoms with van der Waals surface area (Å²) in [5.41, 5.74) is 2.94. The summed E-state index contributed by atoms with van der Waals surface area (Å²) in [5.74, 6) is 5.51. The Morgan fingerprint density at radius 2 is 1.30 bits per heavy atom. The Balaban J connectivity index is 1.89. The second-order valence-electron chi connectivity index (χ2n) is 6.60. The van der Waals surface area contributed by atoms with Gasteiger partial charge in [-0.1, -0.05) is 25.7 Å². The molecule has 2 saturated carbocycles. The lowest BCUT2D eigenvalue weighted by Gasteiger charge is -2.38. The molecule has 5 heteroatoms. The first-order chi connectivity index (χ1) is 9.52. The molecule has 1 atom stereocenters. The molecule has 0 heterocycles. The second-order valence-corrected chi connectivity index (χ2v) is 6.60. The fraction of sp³-hybridized carbons (Fsp3) is 1.00. The van der Waals surface area contributed by atoms with Crippen LogP contribution in [0.5, 0.6) is 0 Å². The lowest BCUT2D eigenvalue weighted by Crippen LogP contribution is -2.47. The van der Waals surface area contributed by atoms with Gasteiger partial charge in [0.05, 0.1) is 5.92 Å². The number of rotatable bonds is 3. The van der Waals surface area contributed by atoms with Gasteiger partial charge in [0.2, 0.25) is 0 Å². The van der Waals surface area contributed by atoms with Gasteiger partial charge in [-0.2, -0.15) is 13.2 Å². The normalized spacial score (nSPS) is 31.8. The van der Waals surface area contributed by atoms with Crippen LogP contribution >= 0.6 is 0 Å². The van der Waals surface area contributed by atoms with Gasteiger partial charge in [0.15, 0.2) is 0 Å². The van der Waals surface area contributed by atoms with Crippen molar-refractivity contribution in [2.75, 3.05) is 0 Å². The topological polar surface area (TPSA) is 38.0 Å². The molecule has 0 aromatic heterocycles. The van der Waals surface area contributed by atoms with Gasteiger partial charge in [0.25, 0.3) is 0 Å². The van der Waals surface area contributed by atoms with Crippen LogP contribution < -0.4 is 11.3 Å². The Kier molecular flexibility index (Phi) is 5.73. The largest absolute Gasteiger partial charge is 0.391 e. The average Bonchev–Trinajstić information content (AvgIpc) is 2.68. The molecule has 0 radical (unpaired) electrons. The predicted molar refractivity (Wildman–Crippen MR) is 73.8 cm³/mol. The van der Waals surface area contributed by atoms with E-state index in [4.69, 9.17) is 5.84 Å². The van der Waals surface area contributed by atoms with Gasteiger partial charge in [-0.05, 0) is 50.4 Å². The zero-order chi connectivity index (χ0) is 14.6.